The Balaban J connectivity index is 2.21. The van der Waals surface area contributed by atoms with E-state index in [9.17, 15) is 13.2 Å². The second kappa shape index (κ2) is 6.74. The van der Waals surface area contributed by atoms with Crippen LogP contribution in [0, 0.1) is 0 Å². The third-order valence-electron chi connectivity index (χ3n) is 3.07. The fourth-order valence-electron chi connectivity index (χ4n) is 1.91. The molecule has 1 amide bonds. The Kier molecular flexibility index (Phi) is 5.21. The quantitative estimate of drug-likeness (QED) is 0.843. The zero-order chi connectivity index (χ0) is 15.5. The Morgan fingerprint density at radius 2 is 2.05 bits per heavy atom. The van der Waals surface area contributed by atoms with Crippen LogP contribution < -0.4 is 5.32 Å². The molecule has 0 saturated carbocycles. The molecule has 0 radical (unpaired) electrons. The highest BCUT2D eigenvalue weighted by atomic mass is 35.5. The Morgan fingerprint density at radius 3 is 2.67 bits per heavy atom. The number of hydrogen-bond donors (Lipinski definition) is 1. The van der Waals surface area contributed by atoms with E-state index in [4.69, 9.17) is 16.3 Å². The highest BCUT2D eigenvalue weighted by molar-refractivity contribution is 7.89. The molecule has 8 heteroatoms. The predicted molar refractivity (Wildman–Crippen MR) is 80.0 cm³/mol. The summed E-state index contributed by atoms with van der Waals surface area (Å²) in [7, 11) is -3.57. The highest BCUT2D eigenvalue weighted by Crippen LogP contribution is 2.20. The smallest absolute Gasteiger partial charge is 0.243 e. The largest absolute Gasteiger partial charge is 0.379 e. The van der Waals surface area contributed by atoms with Gasteiger partial charge in [-0.25, -0.2) is 8.42 Å². The first kappa shape index (κ1) is 16.2. The number of ether oxygens (including phenoxy) is 1. The molecule has 0 bridgehead atoms. The van der Waals surface area contributed by atoms with Crippen molar-refractivity contribution in [1.29, 1.82) is 0 Å². The van der Waals surface area contributed by atoms with Crippen LogP contribution in [0.2, 0.25) is 0 Å². The van der Waals surface area contributed by atoms with Crippen LogP contribution in [0.5, 0.6) is 0 Å². The van der Waals surface area contributed by atoms with Gasteiger partial charge >= 0.3 is 0 Å². The number of nitrogens with zero attached hydrogens (tertiary/aromatic N) is 1. The van der Waals surface area contributed by atoms with Crippen molar-refractivity contribution in [2.75, 3.05) is 31.6 Å². The number of carbonyl (C=O) groups is 1. The van der Waals surface area contributed by atoms with Crippen molar-refractivity contribution in [2.24, 2.45) is 0 Å². The molecule has 1 aliphatic rings. The number of sulfonamides is 1. The maximum Gasteiger partial charge on any atom is 0.243 e. The average Bonchev–Trinajstić information content (AvgIpc) is 2.48. The molecule has 116 valence electrons. The van der Waals surface area contributed by atoms with Crippen LogP contribution in [0.4, 0.5) is 5.69 Å². The molecular weight excluding hydrogens is 316 g/mol. The number of rotatable bonds is 4. The minimum atomic E-state index is -3.57. The predicted octanol–water partition coefficient (Wildman–Crippen LogP) is 1.27. The maximum absolute atomic E-state index is 12.5. The van der Waals surface area contributed by atoms with E-state index in [1.807, 2.05) is 0 Å². The van der Waals surface area contributed by atoms with Gasteiger partial charge in [-0.05, 0) is 25.1 Å². The molecule has 6 nitrogen and oxygen atoms in total. The maximum atomic E-state index is 12.5. The first-order valence-corrected chi connectivity index (χ1v) is 8.42. The minimum Gasteiger partial charge on any atom is -0.379 e. The second-order valence-corrected chi connectivity index (χ2v) is 7.24. The van der Waals surface area contributed by atoms with E-state index in [2.05, 4.69) is 5.32 Å². The monoisotopic (exact) mass is 332 g/mol. The molecule has 1 saturated heterocycles. The van der Waals surface area contributed by atoms with Crippen molar-refractivity contribution < 1.29 is 17.9 Å². The highest BCUT2D eigenvalue weighted by Gasteiger charge is 2.26. The molecule has 1 fully saturated rings. The van der Waals surface area contributed by atoms with Crippen LogP contribution in [0.1, 0.15) is 6.92 Å². The SMILES string of the molecule is CC(Cl)C(=O)Nc1cccc(S(=O)(=O)N2CCOCC2)c1. The lowest BCUT2D eigenvalue weighted by atomic mass is 10.3. The summed E-state index contributed by atoms with van der Waals surface area (Å²) in [6, 6.07) is 6.14. The van der Waals surface area contributed by atoms with Crippen molar-refractivity contribution in [3.8, 4) is 0 Å². The Bertz CT molecular complexity index is 612. The van der Waals surface area contributed by atoms with Gasteiger partial charge < -0.3 is 10.1 Å². The molecule has 21 heavy (non-hydrogen) atoms. The first-order chi connectivity index (χ1) is 9.91. The van der Waals surface area contributed by atoms with E-state index in [-0.39, 0.29) is 10.8 Å². The van der Waals surface area contributed by atoms with E-state index in [0.29, 0.717) is 32.0 Å². The van der Waals surface area contributed by atoms with Gasteiger partial charge in [-0.15, -0.1) is 11.6 Å². The van der Waals surface area contributed by atoms with E-state index < -0.39 is 15.4 Å². The molecule has 1 atom stereocenters. The summed E-state index contributed by atoms with van der Waals surface area (Å²) in [5.41, 5.74) is 0.404. The normalized spacial score (nSPS) is 18.2. The van der Waals surface area contributed by atoms with Gasteiger partial charge in [0.15, 0.2) is 0 Å². The molecule has 0 aliphatic carbocycles. The second-order valence-electron chi connectivity index (χ2n) is 4.65. The summed E-state index contributed by atoms with van der Waals surface area (Å²) in [5.74, 6) is -0.377. The fraction of sp³-hybridized carbons (Fsp3) is 0.462. The van der Waals surface area contributed by atoms with Crippen LogP contribution in [0.3, 0.4) is 0 Å². The third kappa shape index (κ3) is 3.94. The van der Waals surface area contributed by atoms with Crippen LogP contribution in [-0.4, -0.2) is 50.3 Å². The number of alkyl halides is 1. The molecule has 1 unspecified atom stereocenters. The zero-order valence-corrected chi connectivity index (χ0v) is 13.2. The van der Waals surface area contributed by atoms with Crippen LogP contribution in [0.15, 0.2) is 29.2 Å². The summed E-state index contributed by atoms with van der Waals surface area (Å²) in [6.07, 6.45) is 0. The number of amides is 1. The molecule has 1 N–H and O–H groups in total. The van der Waals surface area contributed by atoms with Crippen molar-refractivity contribution in [3.63, 3.8) is 0 Å². The Labute approximate surface area is 129 Å². The molecular formula is C13H17ClN2O4S. The summed E-state index contributed by atoms with van der Waals surface area (Å²) in [5, 5.41) is 1.89. The van der Waals surface area contributed by atoms with Crippen LogP contribution in [0.25, 0.3) is 0 Å². The van der Waals surface area contributed by atoms with Crippen molar-refractivity contribution >= 4 is 33.2 Å². The van der Waals surface area contributed by atoms with Gasteiger partial charge in [-0.3, -0.25) is 4.79 Å². The standard InChI is InChI=1S/C13H17ClN2O4S/c1-10(14)13(17)15-11-3-2-4-12(9-11)21(18,19)16-5-7-20-8-6-16/h2-4,9-10H,5-8H2,1H3,(H,15,17). The number of carbonyl (C=O) groups excluding carboxylic acids is 1. The Hall–Kier alpha value is -1.15. The van der Waals surface area contributed by atoms with Crippen LogP contribution >= 0.6 is 11.6 Å². The summed E-state index contributed by atoms with van der Waals surface area (Å²) < 4.78 is 31.5. The van der Waals surface area contributed by atoms with E-state index in [1.54, 1.807) is 19.1 Å². The first-order valence-electron chi connectivity index (χ1n) is 6.54. The number of anilines is 1. The fourth-order valence-corrected chi connectivity index (χ4v) is 3.42. The van der Waals surface area contributed by atoms with Gasteiger partial charge in [0.05, 0.1) is 18.1 Å². The summed E-state index contributed by atoms with van der Waals surface area (Å²) >= 11 is 5.68. The molecule has 0 spiro atoms. The van der Waals surface area contributed by atoms with Crippen molar-refractivity contribution in [1.82, 2.24) is 4.31 Å². The van der Waals surface area contributed by atoms with Gasteiger partial charge in [-0.1, -0.05) is 6.07 Å². The molecule has 0 aromatic heterocycles. The zero-order valence-electron chi connectivity index (χ0n) is 11.6. The van der Waals surface area contributed by atoms with Gasteiger partial charge in [-0.2, -0.15) is 4.31 Å². The van der Waals surface area contributed by atoms with Crippen LogP contribution in [-0.2, 0) is 19.6 Å². The minimum absolute atomic E-state index is 0.143. The lowest BCUT2D eigenvalue weighted by molar-refractivity contribution is -0.115. The van der Waals surface area contributed by atoms with E-state index >= 15 is 0 Å². The molecule has 1 aromatic rings. The lowest BCUT2D eigenvalue weighted by Crippen LogP contribution is -2.40. The van der Waals surface area contributed by atoms with Gasteiger partial charge in [0.2, 0.25) is 15.9 Å². The number of hydrogen-bond acceptors (Lipinski definition) is 4. The number of nitrogens with one attached hydrogen (secondary N) is 1. The van der Waals surface area contributed by atoms with E-state index in [0.717, 1.165) is 0 Å². The molecule has 1 aliphatic heterocycles. The molecule has 1 aromatic carbocycles. The van der Waals surface area contributed by atoms with Gasteiger partial charge in [0.25, 0.3) is 0 Å². The van der Waals surface area contributed by atoms with E-state index in [1.165, 1.54) is 16.4 Å². The summed E-state index contributed by atoms with van der Waals surface area (Å²) in [6.45, 7) is 2.99. The van der Waals surface area contributed by atoms with Gasteiger partial charge in [0.1, 0.15) is 5.38 Å². The molecule has 1 heterocycles. The topological polar surface area (TPSA) is 75.7 Å². The number of halogens is 1. The lowest BCUT2D eigenvalue weighted by Gasteiger charge is -2.26. The molecule has 2 rings (SSSR count). The van der Waals surface area contributed by atoms with Crippen molar-refractivity contribution in [3.05, 3.63) is 24.3 Å². The third-order valence-corrected chi connectivity index (χ3v) is 5.16. The van der Waals surface area contributed by atoms with Crippen molar-refractivity contribution in [2.45, 2.75) is 17.2 Å². The Morgan fingerprint density at radius 1 is 1.38 bits per heavy atom. The number of benzene rings is 1. The van der Waals surface area contributed by atoms with Gasteiger partial charge in [0, 0.05) is 18.8 Å². The summed E-state index contributed by atoms with van der Waals surface area (Å²) in [4.78, 5) is 11.7. The average molecular weight is 333 g/mol. The number of morpholine rings is 1.